The van der Waals surface area contributed by atoms with Gasteiger partial charge in [0.25, 0.3) is 0 Å². The summed E-state index contributed by atoms with van der Waals surface area (Å²) in [5.74, 6) is 0.253. The number of halogens is 3. The molecule has 120 valence electrons. The van der Waals surface area contributed by atoms with Crippen LogP contribution >= 0.6 is 23.2 Å². The fourth-order valence-corrected chi connectivity index (χ4v) is 2.76. The van der Waals surface area contributed by atoms with E-state index in [4.69, 9.17) is 28.9 Å². The number of nitrogens with one attached hydrogen (secondary N) is 1. The normalized spacial score (nSPS) is 11.1. The zero-order chi connectivity index (χ0) is 16.4. The molecule has 23 heavy (non-hydrogen) atoms. The predicted molar refractivity (Wildman–Crippen MR) is 92.8 cm³/mol. The number of rotatable bonds is 5. The third kappa shape index (κ3) is 3.42. The van der Waals surface area contributed by atoms with Crippen LogP contribution in [-0.2, 0) is 6.54 Å². The summed E-state index contributed by atoms with van der Waals surface area (Å²) in [7, 11) is 0. The lowest BCUT2D eigenvalue weighted by molar-refractivity contribution is 0.627. The van der Waals surface area contributed by atoms with Gasteiger partial charge in [-0.25, -0.2) is 9.37 Å². The molecule has 0 aliphatic heterocycles. The second-order valence-corrected chi connectivity index (χ2v) is 5.96. The molecule has 0 amide bonds. The van der Waals surface area contributed by atoms with Crippen molar-refractivity contribution in [3.05, 3.63) is 57.8 Å². The van der Waals surface area contributed by atoms with Crippen molar-refractivity contribution in [1.82, 2.24) is 9.55 Å². The Labute approximate surface area is 143 Å². The quantitative estimate of drug-likeness (QED) is 0.732. The Morgan fingerprint density at radius 3 is 2.74 bits per heavy atom. The second kappa shape index (κ2) is 6.74. The van der Waals surface area contributed by atoms with Crippen LogP contribution in [-0.4, -0.2) is 22.6 Å². The molecule has 3 rings (SSSR count). The Morgan fingerprint density at radius 2 is 2.00 bits per heavy atom. The average Bonchev–Trinajstić information content (AvgIpc) is 2.86. The number of hydrogen-bond acceptors (Lipinski definition) is 3. The summed E-state index contributed by atoms with van der Waals surface area (Å²) < 4.78 is 15.3. The molecule has 0 bridgehead atoms. The van der Waals surface area contributed by atoms with Crippen molar-refractivity contribution < 1.29 is 4.39 Å². The van der Waals surface area contributed by atoms with Gasteiger partial charge in [-0.2, -0.15) is 0 Å². The summed E-state index contributed by atoms with van der Waals surface area (Å²) in [6.07, 6.45) is 0. The number of benzene rings is 2. The number of anilines is 1. The minimum absolute atomic E-state index is 0.0985. The molecule has 3 aromatic rings. The first kappa shape index (κ1) is 16.1. The monoisotopic (exact) mass is 352 g/mol. The van der Waals surface area contributed by atoms with Crippen molar-refractivity contribution in [2.45, 2.75) is 6.54 Å². The number of fused-ring (bicyclic) bond motifs is 1. The molecule has 0 atom stereocenters. The molecule has 3 N–H and O–H groups in total. The van der Waals surface area contributed by atoms with Gasteiger partial charge in [-0.1, -0.05) is 29.3 Å². The number of nitrogens with two attached hydrogens (primary N) is 1. The third-order valence-corrected chi connectivity index (χ3v) is 3.99. The number of hydrogen-bond donors (Lipinski definition) is 2. The fourth-order valence-electron chi connectivity index (χ4n) is 2.40. The summed E-state index contributed by atoms with van der Waals surface area (Å²) in [4.78, 5) is 4.56. The molecular weight excluding hydrogens is 338 g/mol. The van der Waals surface area contributed by atoms with E-state index in [0.717, 1.165) is 16.6 Å². The molecule has 0 saturated carbocycles. The molecule has 0 spiro atoms. The Hall–Kier alpha value is -1.82. The van der Waals surface area contributed by atoms with Crippen molar-refractivity contribution in [2.24, 2.45) is 5.73 Å². The van der Waals surface area contributed by atoms with E-state index < -0.39 is 5.82 Å². The minimum atomic E-state index is -0.435. The van der Waals surface area contributed by atoms with Gasteiger partial charge in [0.05, 0.1) is 22.6 Å². The van der Waals surface area contributed by atoms with E-state index in [1.165, 1.54) is 6.07 Å². The van der Waals surface area contributed by atoms with Gasteiger partial charge in [0.15, 0.2) is 0 Å². The first-order valence-electron chi connectivity index (χ1n) is 7.12. The molecule has 2 aromatic carbocycles. The largest absolute Gasteiger partial charge is 0.354 e. The van der Waals surface area contributed by atoms with Gasteiger partial charge in [0, 0.05) is 18.1 Å². The molecule has 0 saturated heterocycles. The maximum Gasteiger partial charge on any atom is 0.204 e. The summed E-state index contributed by atoms with van der Waals surface area (Å²) in [6, 6.07) is 10.2. The minimum Gasteiger partial charge on any atom is -0.354 e. The predicted octanol–water partition coefficient (Wildman–Crippen LogP) is 3.90. The molecule has 7 heteroatoms. The molecule has 0 fully saturated rings. The van der Waals surface area contributed by atoms with Crippen LogP contribution in [0.1, 0.15) is 5.56 Å². The standard InChI is InChI=1S/C16H15Cl2FN4/c17-11-2-4-14-15(8-11)23(16(22-14)21-6-5-20)9-10-1-3-13(19)12(18)7-10/h1-4,7-8H,5-6,9,20H2,(H,21,22). The Morgan fingerprint density at radius 1 is 1.17 bits per heavy atom. The SMILES string of the molecule is NCCNc1nc2ccc(Cl)cc2n1Cc1ccc(F)c(Cl)c1. The van der Waals surface area contributed by atoms with Crippen molar-refractivity contribution in [2.75, 3.05) is 18.4 Å². The lowest BCUT2D eigenvalue weighted by atomic mass is 10.2. The summed E-state index contributed by atoms with van der Waals surface area (Å²) in [5.41, 5.74) is 8.13. The molecular formula is C16H15Cl2FN4. The molecule has 0 aliphatic carbocycles. The van der Waals surface area contributed by atoms with E-state index >= 15 is 0 Å². The van der Waals surface area contributed by atoms with Gasteiger partial charge in [-0.3, -0.25) is 0 Å². The van der Waals surface area contributed by atoms with Crippen molar-refractivity contribution in [3.63, 3.8) is 0 Å². The van der Waals surface area contributed by atoms with Gasteiger partial charge in [0.1, 0.15) is 5.82 Å². The van der Waals surface area contributed by atoms with E-state index in [1.807, 2.05) is 16.7 Å². The second-order valence-electron chi connectivity index (χ2n) is 5.12. The van der Waals surface area contributed by atoms with E-state index in [1.54, 1.807) is 18.2 Å². The van der Waals surface area contributed by atoms with Crippen molar-refractivity contribution >= 4 is 40.2 Å². The Bertz CT molecular complexity index is 847. The molecule has 1 heterocycles. The maximum atomic E-state index is 13.3. The van der Waals surface area contributed by atoms with Gasteiger partial charge in [-0.15, -0.1) is 0 Å². The summed E-state index contributed by atoms with van der Waals surface area (Å²) >= 11 is 12.0. The van der Waals surface area contributed by atoms with Crippen LogP contribution in [0.25, 0.3) is 11.0 Å². The Kier molecular flexibility index (Phi) is 4.71. The van der Waals surface area contributed by atoms with Gasteiger partial charge >= 0.3 is 0 Å². The third-order valence-electron chi connectivity index (χ3n) is 3.46. The molecule has 4 nitrogen and oxygen atoms in total. The highest BCUT2D eigenvalue weighted by molar-refractivity contribution is 6.31. The van der Waals surface area contributed by atoms with Gasteiger partial charge in [0.2, 0.25) is 5.95 Å². The zero-order valence-electron chi connectivity index (χ0n) is 12.2. The first-order valence-corrected chi connectivity index (χ1v) is 7.87. The van der Waals surface area contributed by atoms with Crippen LogP contribution in [0.3, 0.4) is 0 Å². The van der Waals surface area contributed by atoms with Crippen LogP contribution in [0.2, 0.25) is 10.0 Å². The van der Waals surface area contributed by atoms with E-state index in [9.17, 15) is 4.39 Å². The molecule has 0 radical (unpaired) electrons. The highest BCUT2D eigenvalue weighted by Gasteiger charge is 2.12. The highest BCUT2D eigenvalue weighted by atomic mass is 35.5. The smallest absolute Gasteiger partial charge is 0.204 e. The average molecular weight is 353 g/mol. The molecule has 0 unspecified atom stereocenters. The van der Waals surface area contributed by atoms with E-state index in [-0.39, 0.29) is 5.02 Å². The number of aromatic nitrogens is 2. The summed E-state index contributed by atoms with van der Waals surface area (Å²) in [5, 5.41) is 3.92. The topological polar surface area (TPSA) is 55.9 Å². The van der Waals surface area contributed by atoms with Crippen LogP contribution in [0.5, 0.6) is 0 Å². The van der Waals surface area contributed by atoms with E-state index in [0.29, 0.717) is 30.6 Å². The van der Waals surface area contributed by atoms with Crippen LogP contribution in [0, 0.1) is 5.82 Å². The van der Waals surface area contributed by atoms with Crippen molar-refractivity contribution in [3.8, 4) is 0 Å². The van der Waals surface area contributed by atoms with Gasteiger partial charge in [-0.05, 0) is 35.9 Å². The lowest BCUT2D eigenvalue weighted by Gasteiger charge is -2.11. The summed E-state index contributed by atoms with van der Waals surface area (Å²) in [6.45, 7) is 1.58. The van der Waals surface area contributed by atoms with Crippen LogP contribution in [0.4, 0.5) is 10.3 Å². The fraction of sp³-hybridized carbons (Fsp3) is 0.188. The molecule has 0 aliphatic rings. The first-order chi connectivity index (χ1) is 11.1. The van der Waals surface area contributed by atoms with Crippen LogP contribution < -0.4 is 11.1 Å². The van der Waals surface area contributed by atoms with Gasteiger partial charge < -0.3 is 15.6 Å². The zero-order valence-corrected chi connectivity index (χ0v) is 13.7. The molecule has 1 aromatic heterocycles. The Balaban J connectivity index is 2.05. The maximum absolute atomic E-state index is 13.3. The van der Waals surface area contributed by atoms with Crippen LogP contribution in [0.15, 0.2) is 36.4 Å². The number of nitrogens with zero attached hydrogens (tertiary/aromatic N) is 2. The lowest BCUT2D eigenvalue weighted by Crippen LogP contribution is -2.16. The number of imidazole rings is 1. The van der Waals surface area contributed by atoms with E-state index in [2.05, 4.69) is 10.3 Å². The highest BCUT2D eigenvalue weighted by Crippen LogP contribution is 2.25. The van der Waals surface area contributed by atoms with Crippen molar-refractivity contribution in [1.29, 1.82) is 0 Å².